The number of benzene rings is 1. The first kappa shape index (κ1) is 19.7. The molecule has 0 bridgehead atoms. The molecule has 26 heavy (non-hydrogen) atoms. The minimum atomic E-state index is -0.532. The number of hydrogen-bond donors (Lipinski definition) is 1. The second-order valence-corrected chi connectivity index (χ2v) is 5.68. The van der Waals surface area contributed by atoms with E-state index >= 15 is 0 Å². The Bertz CT molecular complexity index is 862. The van der Waals surface area contributed by atoms with Crippen molar-refractivity contribution in [2.24, 2.45) is 0 Å². The number of pyridine rings is 1. The Labute approximate surface area is 159 Å². The molecule has 0 saturated heterocycles. The summed E-state index contributed by atoms with van der Waals surface area (Å²) in [5.74, 6) is 1.25. The first-order chi connectivity index (χ1) is 12.2. The van der Waals surface area contributed by atoms with Crippen LogP contribution < -0.4 is 10.1 Å². The fourth-order valence-electron chi connectivity index (χ4n) is 2.61. The monoisotopic (exact) mass is 372 g/mol. The van der Waals surface area contributed by atoms with Gasteiger partial charge in [0.25, 0.3) is 0 Å². The van der Waals surface area contributed by atoms with E-state index in [0.717, 1.165) is 11.3 Å². The minimum absolute atomic E-state index is 0. The Kier molecular flexibility index (Phi) is 6.91. The van der Waals surface area contributed by atoms with Gasteiger partial charge in [0.15, 0.2) is 0 Å². The number of ether oxygens (including phenoxy) is 1. The van der Waals surface area contributed by atoms with Crippen molar-refractivity contribution in [1.82, 2.24) is 15.0 Å². The number of halogens is 1. The molecule has 0 aliphatic rings. The summed E-state index contributed by atoms with van der Waals surface area (Å²) >= 11 is 0. The predicted molar refractivity (Wildman–Crippen MR) is 106 cm³/mol. The van der Waals surface area contributed by atoms with Crippen LogP contribution in [0.3, 0.4) is 0 Å². The summed E-state index contributed by atoms with van der Waals surface area (Å²) in [4.78, 5) is 12.0. The first-order valence-corrected chi connectivity index (χ1v) is 7.98. The maximum atomic E-state index is 13.3. The highest BCUT2D eigenvalue weighted by Gasteiger charge is 2.11. The molecule has 0 saturated carbocycles. The van der Waals surface area contributed by atoms with Gasteiger partial charge in [0.05, 0.1) is 12.8 Å². The fraction of sp³-hybridized carbons (Fsp3) is 0.211. The van der Waals surface area contributed by atoms with Gasteiger partial charge in [-0.3, -0.25) is 0 Å². The lowest BCUT2D eigenvalue weighted by atomic mass is 10.00. The summed E-state index contributed by atoms with van der Waals surface area (Å²) in [5.41, 5.74) is 2.43. The molecule has 0 unspecified atom stereocenters. The lowest BCUT2D eigenvalue weighted by Crippen LogP contribution is -2.12. The highest BCUT2D eigenvalue weighted by molar-refractivity contribution is 7.59. The molecule has 5 nitrogen and oxygen atoms in total. The van der Waals surface area contributed by atoms with Crippen molar-refractivity contribution in [3.63, 3.8) is 0 Å². The Morgan fingerprint density at radius 2 is 1.92 bits per heavy atom. The zero-order chi connectivity index (χ0) is 17.6. The van der Waals surface area contributed by atoms with E-state index in [2.05, 4.69) is 33.3 Å². The third-order valence-corrected chi connectivity index (χ3v) is 3.95. The van der Waals surface area contributed by atoms with E-state index in [1.807, 2.05) is 18.2 Å². The van der Waals surface area contributed by atoms with E-state index in [-0.39, 0.29) is 19.4 Å². The van der Waals surface area contributed by atoms with Crippen molar-refractivity contribution < 1.29 is 9.13 Å². The molecule has 0 amide bonds. The number of nitrogens with one attached hydrogen (secondary N) is 1. The minimum Gasteiger partial charge on any atom is -0.496 e. The van der Waals surface area contributed by atoms with Gasteiger partial charge in [0, 0.05) is 36.4 Å². The van der Waals surface area contributed by atoms with Crippen LogP contribution in [-0.2, 0) is 0 Å². The van der Waals surface area contributed by atoms with Crippen LogP contribution >= 0.6 is 13.5 Å². The smallest absolute Gasteiger partial charge is 0.213 e. The Morgan fingerprint density at radius 3 is 2.69 bits per heavy atom. The summed E-state index contributed by atoms with van der Waals surface area (Å²) in [7, 11) is 1.67. The quantitative estimate of drug-likeness (QED) is 0.663. The zero-order valence-corrected chi connectivity index (χ0v) is 15.6. The van der Waals surface area contributed by atoms with Crippen LogP contribution in [0.2, 0.25) is 0 Å². The number of anilines is 1. The zero-order valence-electron chi connectivity index (χ0n) is 14.6. The average Bonchev–Trinajstić information content (AvgIpc) is 2.66. The molecule has 0 aliphatic carbocycles. The number of rotatable bonds is 6. The molecule has 3 aromatic rings. The number of hydrogen-bond acceptors (Lipinski definition) is 5. The van der Waals surface area contributed by atoms with Gasteiger partial charge in [-0.15, -0.1) is 0 Å². The van der Waals surface area contributed by atoms with E-state index < -0.39 is 5.95 Å². The maximum Gasteiger partial charge on any atom is 0.213 e. The van der Waals surface area contributed by atoms with Crippen molar-refractivity contribution >= 4 is 19.3 Å². The van der Waals surface area contributed by atoms with Crippen LogP contribution in [0.1, 0.15) is 18.4 Å². The molecule has 136 valence electrons. The molecular weight excluding hydrogens is 351 g/mol. The van der Waals surface area contributed by atoms with E-state index in [9.17, 15) is 4.39 Å². The van der Waals surface area contributed by atoms with Crippen LogP contribution in [0.5, 0.6) is 5.75 Å². The highest BCUT2D eigenvalue weighted by Crippen LogP contribution is 2.26. The first-order valence-electron chi connectivity index (χ1n) is 7.98. The van der Waals surface area contributed by atoms with Crippen molar-refractivity contribution in [2.75, 3.05) is 19.0 Å². The summed E-state index contributed by atoms with van der Waals surface area (Å²) in [6.45, 7) is 2.80. The molecule has 1 atom stereocenters. The van der Waals surface area contributed by atoms with Gasteiger partial charge in [0.1, 0.15) is 17.9 Å². The van der Waals surface area contributed by atoms with Crippen molar-refractivity contribution in [1.29, 1.82) is 0 Å². The van der Waals surface area contributed by atoms with Crippen LogP contribution in [0.15, 0.2) is 55.0 Å². The van der Waals surface area contributed by atoms with Crippen LogP contribution in [0, 0.1) is 5.95 Å². The largest absolute Gasteiger partial charge is 0.496 e. The van der Waals surface area contributed by atoms with Crippen molar-refractivity contribution in [3.8, 4) is 17.0 Å². The Hall–Kier alpha value is -2.67. The lowest BCUT2D eigenvalue weighted by Gasteiger charge is -2.16. The topological polar surface area (TPSA) is 59.9 Å². The number of para-hydroxylation sites is 1. The van der Waals surface area contributed by atoms with E-state index in [1.54, 1.807) is 19.2 Å². The standard InChI is InChI=1S/C19H19FN4O.H2S/c1-13(15-5-3-4-6-17(15)25-2)11-22-19-10-16(23-12-24-19)14-7-8-21-18(20)9-14;/h3-10,12-13H,11H2,1-2H3,(H,22,23,24);1H2/t13-;/m1./s1. The Morgan fingerprint density at radius 1 is 1.12 bits per heavy atom. The Balaban J connectivity index is 0.00000243. The molecule has 0 radical (unpaired) electrons. The van der Waals surface area contributed by atoms with Gasteiger partial charge < -0.3 is 10.1 Å². The maximum absolute atomic E-state index is 13.3. The normalized spacial score (nSPS) is 11.3. The number of methoxy groups -OCH3 is 1. The number of nitrogens with zero attached hydrogens (tertiary/aromatic N) is 3. The molecule has 1 aromatic carbocycles. The van der Waals surface area contributed by atoms with Gasteiger partial charge in [0.2, 0.25) is 5.95 Å². The third-order valence-electron chi connectivity index (χ3n) is 3.95. The van der Waals surface area contributed by atoms with Gasteiger partial charge in [-0.25, -0.2) is 15.0 Å². The summed E-state index contributed by atoms with van der Waals surface area (Å²) in [6.07, 6.45) is 2.88. The van der Waals surface area contributed by atoms with Crippen LogP contribution in [0.4, 0.5) is 10.2 Å². The van der Waals surface area contributed by atoms with Gasteiger partial charge in [-0.1, -0.05) is 25.1 Å². The van der Waals surface area contributed by atoms with Gasteiger partial charge in [-0.05, 0) is 17.7 Å². The van der Waals surface area contributed by atoms with Crippen molar-refractivity contribution in [2.45, 2.75) is 12.8 Å². The summed E-state index contributed by atoms with van der Waals surface area (Å²) < 4.78 is 18.7. The second-order valence-electron chi connectivity index (χ2n) is 5.68. The predicted octanol–water partition coefficient (Wildman–Crippen LogP) is 4.01. The average molecular weight is 372 g/mol. The van der Waals surface area contributed by atoms with E-state index in [4.69, 9.17) is 4.74 Å². The number of aromatic nitrogens is 3. The van der Waals surface area contributed by atoms with Crippen molar-refractivity contribution in [3.05, 3.63) is 66.5 Å². The summed E-state index contributed by atoms with van der Waals surface area (Å²) in [6, 6.07) is 12.8. The lowest BCUT2D eigenvalue weighted by molar-refractivity contribution is 0.407. The van der Waals surface area contributed by atoms with Gasteiger partial charge >= 0.3 is 0 Å². The van der Waals surface area contributed by atoms with E-state index in [1.165, 1.54) is 18.6 Å². The fourth-order valence-corrected chi connectivity index (χ4v) is 2.61. The summed E-state index contributed by atoms with van der Waals surface area (Å²) in [5, 5.41) is 3.30. The van der Waals surface area contributed by atoms with E-state index in [0.29, 0.717) is 23.6 Å². The molecule has 1 N–H and O–H groups in total. The van der Waals surface area contributed by atoms with Crippen LogP contribution in [0.25, 0.3) is 11.3 Å². The molecule has 0 spiro atoms. The molecule has 7 heteroatoms. The second kappa shape index (κ2) is 9.15. The molecular formula is C19H21FN4OS. The SMILES string of the molecule is COc1ccccc1[C@H](C)CNc1cc(-c2ccnc(F)c2)ncn1.S. The molecule has 2 heterocycles. The molecule has 0 aliphatic heterocycles. The highest BCUT2D eigenvalue weighted by atomic mass is 32.1. The molecule has 0 fully saturated rings. The molecule has 3 rings (SSSR count). The van der Waals surface area contributed by atoms with Crippen LogP contribution in [-0.4, -0.2) is 28.6 Å². The van der Waals surface area contributed by atoms with Gasteiger partial charge in [-0.2, -0.15) is 17.9 Å². The third kappa shape index (κ3) is 4.70. The molecule has 2 aromatic heterocycles.